The number of nitrogens with zero attached hydrogens (tertiary/aromatic N) is 2. The van der Waals surface area contributed by atoms with E-state index in [2.05, 4.69) is 24.1 Å². The summed E-state index contributed by atoms with van der Waals surface area (Å²) in [6, 6.07) is 5.83. The summed E-state index contributed by atoms with van der Waals surface area (Å²) in [6.45, 7) is 8.37. The molecule has 2 aliphatic carbocycles. The van der Waals surface area contributed by atoms with E-state index in [1.807, 2.05) is 11.0 Å². The second-order valence-corrected chi connectivity index (χ2v) is 12.2. The van der Waals surface area contributed by atoms with Crippen LogP contribution in [0, 0.1) is 17.8 Å². The van der Waals surface area contributed by atoms with Gasteiger partial charge in [-0.15, -0.1) is 0 Å². The summed E-state index contributed by atoms with van der Waals surface area (Å²) in [4.78, 5) is 31.7. The molecule has 4 rings (SSSR count). The molecule has 1 aliphatic heterocycles. The molecule has 0 aromatic heterocycles. The van der Waals surface area contributed by atoms with Gasteiger partial charge in [-0.25, -0.2) is 0 Å². The first-order chi connectivity index (χ1) is 19.9. The molecule has 1 N–H and O–H groups in total. The second-order valence-electron chi connectivity index (χ2n) is 12.2. The molecule has 2 amide bonds. The van der Waals surface area contributed by atoms with E-state index in [9.17, 15) is 9.59 Å². The molecule has 2 atom stereocenters. The fourth-order valence-corrected chi connectivity index (χ4v) is 6.31. The van der Waals surface area contributed by atoms with Gasteiger partial charge in [-0.05, 0) is 82.4 Å². The Morgan fingerprint density at radius 3 is 2.24 bits per heavy atom. The van der Waals surface area contributed by atoms with Gasteiger partial charge in [-0.1, -0.05) is 0 Å². The highest BCUT2D eigenvalue weighted by molar-refractivity contribution is 5.95. The third-order valence-corrected chi connectivity index (χ3v) is 9.01. The number of rotatable bonds is 15. The highest BCUT2D eigenvalue weighted by Crippen LogP contribution is 2.35. The van der Waals surface area contributed by atoms with E-state index >= 15 is 0 Å². The molecule has 2 unspecified atom stereocenters. The third kappa shape index (κ3) is 8.36. The van der Waals surface area contributed by atoms with Crippen LogP contribution >= 0.6 is 0 Å². The van der Waals surface area contributed by atoms with Crippen LogP contribution in [-0.4, -0.2) is 101 Å². The summed E-state index contributed by atoms with van der Waals surface area (Å²) in [5.74, 6) is 2.21. The maximum atomic E-state index is 13.8. The van der Waals surface area contributed by atoms with Gasteiger partial charge in [0.1, 0.15) is 0 Å². The Morgan fingerprint density at radius 1 is 0.927 bits per heavy atom. The monoisotopic (exact) mass is 573 g/mol. The molecule has 0 bridgehead atoms. The molecule has 230 valence electrons. The molecule has 0 radical (unpaired) electrons. The number of nitrogens with one attached hydrogen (secondary N) is 1. The summed E-state index contributed by atoms with van der Waals surface area (Å²) >= 11 is 0. The first-order valence-electron chi connectivity index (χ1n) is 15.5. The maximum absolute atomic E-state index is 13.8. The van der Waals surface area contributed by atoms with Crippen molar-refractivity contribution in [3.63, 3.8) is 0 Å². The smallest absolute Gasteiger partial charge is 0.254 e. The molecule has 3 fully saturated rings. The fraction of sp³-hybridized carbons (Fsp3) is 0.750. The lowest BCUT2D eigenvalue weighted by Gasteiger charge is -2.36. The van der Waals surface area contributed by atoms with Crippen LogP contribution in [0.1, 0.15) is 69.2 Å². The Morgan fingerprint density at radius 2 is 1.63 bits per heavy atom. The van der Waals surface area contributed by atoms with Crippen LogP contribution in [0.2, 0.25) is 0 Å². The van der Waals surface area contributed by atoms with E-state index in [0.717, 1.165) is 64.6 Å². The van der Waals surface area contributed by atoms with Crippen LogP contribution in [0.5, 0.6) is 11.5 Å². The summed E-state index contributed by atoms with van der Waals surface area (Å²) in [5, 5.41) is 3.56. The van der Waals surface area contributed by atoms with Gasteiger partial charge in [0.25, 0.3) is 5.91 Å². The topological polar surface area (TPSA) is 89.6 Å². The number of benzene rings is 1. The van der Waals surface area contributed by atoms with Crippen LogP contribution in [0.25, 0.3) is 0 Å². The zero-order valence-electron chi connectivity index (χ0n) is 25.7. The minimum absolute atomic E-state index is 0.0138. The predicted octanol–water partition coefficient (Wildman–Crippen LogP) is 3.99. The van der Waals surface area contributed by atoms with E-state index in [-0.39, 0.29) is 23.8 Å². The number of amides is 2. The quantitative estimate of drug-likeness (QED) is 0.318. The van der Waals surface area contributed by atoms with Crippen molar-refractivity contribution in [1.29, 1.82) is 0 Å². The summed E-state index contributed by atoms with van der Waals surface area (Å²) in [7, 11) is 5.04. The molecule has 41 heavy (non-hydrogen) atoms. The van der Waals surface area contributed by atoms with Crippen molar-refractivity contribution in [2.75, 3.05) is 60.7 Å². The van der Waals surface area contributed by atoms with Crippen molar-refractivity contribution in [2.45, 2.75) is 77.0 Å². The molecule has 3 aliphatic rings. The average Bonchev–Trinajstić information content (AvgIpc) is 3.74. The minimum atomic E-state index is -0.0138. The molecule has 1 aromatic carbocycles. The van der Waals surface area contributed by atoms with E-state index in [1.54, 1.807) is 33.5 Å². The number of hydrogen-bond donors (Lipinski definition) is 1. The van der Waals surface area contributed by atoms with Gasteiger partial charge in [0.05, 0.1) is 19.8 Å². The van der Waals surface area contributed by atoms with Crippen LogP contribution < -0.4 is 14.8 Å². The fourth-order valence-electron chi connectivity index (χ4n) is 6.31. The van der Waals surface area contributed by atoms with E-state index in [0.29, 0.717) is 60.8 Å². The van der Waals surface area contributed by atoms with E-state index in [1.165, 1.54) is 0 Å². The van der Waals surface area contributed by atoms with Crippen LogP contribution in [0.15, 0.2) is 18.2 Å². The zero-order valence-corrected chi connectivity index (χ0v) is 25.7. The lowest BCUT2D eigenvalue weighted by Crippen LogP contribution is -2.46. The molecule has 0 spiro atoms. The largest absolute Gasteiger partial charge is 0.493 e. The van der Waals surface area contributed by atoms with Crippen molar-refractivity contribution >= 4 is 11.8 Å². The van der Waals surface area contributed by atoms with Crippen LogP contribution in [0.4, 0.5) is 0 Å². The average molecular weight is 574 g/mol. The maximum Gasteiger partial charge on any atom is 0.254 e. The van der Waals surface area contributed by atoms with Crippen LogP contribution in [-0.2, 0) is 14.3 Å². The lowest BCUT2D eigenvalue weighted by atomic mass is 9.85. The lowest BCUT2D eigenvalue weighted by molar-refractivity contribution is -0.138. The summed E-state index contributed by atoms with van der Waals surface area (Å²) in [5.41, 5.74) is 0.588. The normalized spacial score (nSPS) is 24.3. The number of ether oxygens (including phenoxy) is 4. The molecule has 2 saturated carbocycles. The highest BCUT2D eigenvalue weighted by Gasteiger charge is 2.41. The number of carbonyl (C=O) groups is 2. The Kier molecular flexibility index (Phi) is 11.7. The Hall–Kier alpha value is -2.36. The summed E-state index contributed by atoms with van der Waals surface area (Å²) < 4.78 is 22.1. The van der Waals surface area contributed by atoms with E-state index in [4.69, 9.17) is 18.9 Å². The van der Waals surface area contributed by atoms with Crippen molar-refractivity contribution in [1.82, 2.24) is 15.1 Å². The number of hydrogen-bond acceptors (Lipinski definition) is 7. The van der Waals surface area contributed by atoms with Crippen molar-refractivity contribution in [3.05, 3.63) is 23.8 Å². The van der Waals surface area contributed by atoms with Crippen molar-refractivity contribution in [3.8, 4) is 11.5 Å². The summed E-state index contributed by atoms with van der Waals surface area (Å²) in [6.07, 6.45) is 7.03. The van der Waals surface area contributed by atoms with Gasteiger partial charge >= 0.3 is 0 Å². The molecule has 1 aromatic rings. The molecular formula is C32H51N3O6. The SMILES string of the molecule is COCCCOc1cc(C(=O)N(CC2CNCC2CN(C(=O)[C@H]2CC[C@@H](OC)CC2)C2CC2)C(C)C)ccc1OC. The Balaban J connectivity index is 1.41. The molecule has 1 heterocycles. The van der Waals surface area contributed by atoms with Gasteiger partial charge in [0.2, 0.25) is 5.91 Å². The third-order valence-electron chi connectivity index (χ3n) is 9.01. The first-order valence-corrected chi connectivity index (χ1v) is 15.5. The van der Waals surface area contributed by atoms with Crippen molar-refractivity contribution in [2.24, 2.45) is 17.8 Å². The molecule has 9 nitrogen and oxygen atoms in total. The van der Waals surface area contributed by atoms with E-state index < -0.39 is 0 Å². The first kappa shape index (κ1) is 31.6. The Labute approximate surface area is 246 Å². The van der Waals surface area contributed by atoms with Gasteiger partial charge in [-0.3, -0.25) is 9.59 Å². The molecule has 9 heteroatoms. The predicted molar refractivity (Wildman–Crippen MR) is 158 cm³/mol. The molecular weight excluding hydrogens is 522 g/mol. The molecule has 1 saturated heterocycles. The van der Waals surface area contributed by atoms with Gasteiger partial charge in [-0.2, -0.15) is 0 Å². The van der Waals surface area contributed by atoms with Gasteiger partial charge in [0.15, 0.2) is 11.5 Å². The zero-order chi connectivity index (χ0) is 29.4. The second kappa shape index (κ2) is 15.2. The number of carbonyl (C=O) groups excluding carboxylic acids is 2. The van der Waals surface area contributed by atoms with Crippen molar-refractivity contribution < 1.29 is 28.5 Å². The van der Waals surface area contributed by atoms with Gasteiger partial charge < -0.3 is 34.1 Å². The highest BCUT2D eigenvalue weighted by atomic mass is 16.5. The van der Waals surface area contributed by atoms with Crippen LogP contribution in [0.3, 0.4) is 0 Å². The standard InChI is InChI=1S/C32H51N3O6/c1-22(2)34(32(37)24-9-14-29(40-5)30(17-24)41-16-6-15-38-3)20-25-18-33-19-26(25)21-35(27-10-11-27)31(36)23-7-12-28(39-4)13-8-23/h9,14,17,22-23,25-28,33H,6-8,10-13,15-16,18-21H2,1-5H3/t23-,25?,26?,28+. The Bertz CT molecular complexity index is 992. The van der Waals surface area contributed by atoms with Gasteiger partial charge in [0, 0.05) is 77.0 Å². The number of methoxy groups -OCH3 is 3. The minimum Gasteiger partial charge on any atom is -0.493 e.